The van der Waals surface area contributed by atoms with Crippen LogP contribution in [0.2, 0.25) is 0 Å². The second kappa shape index (κ2) is 11.4. The molecule has 0 spiro atoms. The highest BCUT2D eigenvalue weighted by molar-refractivity contribution is 9.39. The molecule has 6 heteroatoms. The lowest BCUT2D eigenvalue weighted by atomic mass is 10.1. The van der Waals surface area contributed by atoms with Crippen LogP contribution in [-0.4, -0.2) is 4.29 Å². The van der Waals surface area contributed by atoms with Crippen LogP contribution >= 0.6 is 95.6 Å². The van der Waals surface area contributed by atoms with Crippen molar-refractivity contribution in [2.75, 3.05) is 0 Å². The molecule has 110 valence electrons. The van der Waals surface area contributed by atoms with E-state index in [0.717, 1.165) is 12.8 Å². The zero-order valence-electron chi connectivity index (χ0n) is 10.3. The summed E-state index contributed by atoms with van der Waals surface area (Å²) in [5, 5.41) is 0. The molecule has 0 unspecified atom stereocenters. The van der Waals surface area contributed by atoms with Crippen LogP contribution in [0.15, 0.2) is 0 Å². The van der Waals surface area contributed by atoms with Crippen LogP contribution in [0.4, 0.5) is 0 Å². The lowest BCUT2D eigenvalue weighted by molar-refractivity contribution is 0.560. The average Bonchev–Trinajstić information content (AvgIpc) is 2.17. The third-order valence-electron chi connectivity index (χ3n) is 2.67. The molecule has 18 heavy (non-hydrogen) atoms. The summed E-state index contributed by atoms with van der Waals surface area (Å²) in [6, 6.07) is 0. The van der Waals surface area contributed by atoms with E-state index in [2.05, 4.69) is 95.6 Å². The summed E-state index contributed by atoms with van der Waals surface area (Å²) in [4.78, 5) is 0. The Hall–Kier alpha value is 2.88. The first-order valence-corrected chi connectivity index (χ1v) is 11.1. The van der Waals surface area contributed by atoms with Gasteiger partial charge in [-0.3, -0.25) is 0 Å². The highest BCUT2D eigenvalue weighted by atomic mass is 80.0. The molecular formula is C12H20Br6. The zero-order valence-corrected chi connectivity index (χ0v) is 19.9. The van der Waals surface area contributed by atoms with Gasteiger partial charge in [0, 0.05) is 0 Å². The van der Waals surface area contributed by atoms with Crippen molar-refractivity contribution < 1.29 is 0 Å². The highest BCUT2D eigenvalue weighted by Crippen LogP contribution is 2.39. The van der Waals surface area contributed by atoms with Crippen LogP contribution in [0.3, 0.4) is 0 Å². The minimum absolute atomic E-state index is 0.0411. The molecule has 0 aliphatic rings. The van der Waals surface area contributed by atoms with Gasteiger partial charge in [0.2, 0.25) is 0 Å². The van der Waals surface area contributed by atoms with Gasteiger partial charge in [-0.25, -0.2) is 0 Å². The Morgan fingerprint density at radius 2 is 0.611 bits per heavy atom. The maximum atomic E-state index is 3.53. The third-order valence-corrected chi connectivity index (χ3v) is 5.05. The van der Waals surface area contributed by atoms with Gasteiger partial charge in [-0.2, -0.15) is 0 Å². The molecule has 0 aromatic heterocycles. The standard InChI is InChI=1S/C12H20Br6/c13-11(14,15)9-7-5-3-1-2-4-6-8-10-12(16,17)18/h1-10H2. The van der Waals surface area contributed by atoms with Crippen molar-refractivity contribution in [1.82, 2.24) is 0 Å². The lowest BCUT2D eigenvalue weighted by Crippen LogP contribution is -1.98. The number of hydrogen-bond acceptors (Lipinski definition) is 0. The fourth-order valence-corrected chi connectivity index (χ4v) is 3.39. The van der Waals surface area contributed by atoms with Gasteiger partial charge in [0.25, 0.3) is 0 Å². The molecule has 0 saturated heterocycles. The van der Waals surface area contributed by atoms with Gasteiger partial charge in [-0.05, 0) is 12.8 Å². The van der Waals surface area contributed by atoms with E-state index in [9.17, 15) is 0 Å². The molecule has 0 aromatic carbocycles. The Labute approximate surface area is 162 Å². The maximum absolute atomic E-state index is 3.53. The van der Waals surface area contributed by atoms with E-state index >= 15 is 0 Å². The maximum Gasteiger partial charge on any atom is 0.135 e. The van der Waals surface area contributed by atoms with Crippen LogP contribution in [-0.2, 0) is 0 Å². The Morgan fingerprint density at radius 3 is 0.833 bits per heavy atom. The van der Waals surface area contributed by atoms with E-state index in [-0.39, 0.29) is 4.29 Å². The lowest BCUT2D eigenvalue weighted by Gasteiger charge is -2.11. The van der Waals surface area contributed by atoms with Gasteiger partial charge in [0.1, 0.15) is 4.29 Å². The first kappa shape index (κ1) is 20.9. The molecule has 0 amide bonds. The minimum Gasteiger partial charge on any atom is -0.0599 e. The molecule has 0 saturated carbocycles. The summed E-state index contributed by atoms with van der Waals surface area (Å²) < 4.78 is -0.0823. The molecule has 0 atom stereocenters. The van der Waals surface area contributed by atoms with E-state index in [0.29, 0.717) is 0 Å². The summed E-state index contributed by atoms with van der Waals surface area (Å²) in [6.45, 7) is 0. The topological polar surface area (TPSA) is 0 Å². The first-order chi connectivity index (χ1) is 8.21. The van der Waals surface area contributed by atoms with Crippen molar-refractivity contribution in [2.24, 2.45) is 0 Å². The molecule has 0 aliphatic carbocycles. The second-order valence-electron chi connectivity index (χ2n) is 4.56. The number of hydrogen-bond donors (Lipinski definition) is 0. The Kier molecular flexibility index (Phi) is 13.3. The summed E-state index contributed by atoms with van der Waals surface area (Å²) in [6.07, 6.45) is 12.9. The van der Waals surface area contributed by atoms with Crippen LogP contribution in [0.1, 0.15) is 64.2 Å². The molecular weight excluding hydrogens is 624 g/mol. The van der Waals surface area contributed by atoms with Crippen molar-refractivity contribution in [3.8, 4) is 0 Å². The molecule has 0 N–H and O–H groups in total. The number of halogens is 6. The zero-order chi connectivity index (χ0) is 14.1. The SMILES string of the molecule is BrC(Br)(Br)CCCCCCCCCCC(Br)(Br)Br. The first-order valence-electron chi connectivity index (χ1n) is 6.34. The predicted molar refractivity (Wildman–Crippen MR) is 105 cm³/mol. The number of rotatable bonds is 9. The van der Waals surface area contributed by atoms with Gasteiger partial charge >= 0.3 is 0 Å². The number of unbranched alkanes of at least 4 members (excludes halogenated alkanes) is 7. The highest BCUT2D eigenvalue weighted by Gasteiger charge is 2.16. The summed E-state index contributed by atoms with van der Waals surface area (Å²) in [7, 11) is 0. The molecule has 0 rings (SSSR count). The molecule has 0 bridgehead atoms. The van der Waals surface area contributed by atoms with Gasteiger partial charge in [-0.15, -0.1) is 0 Å². The minimum atomic E-state index is -0.0411. The van der Waals surface area contributed by atoms with Gasteiger partial charge < -0.3 is 0 Å². The molecule has 0 radical (unpaired) electrons. The van der Waals surface area contributed by atoms with Crippen molar-refractivity contribution in [1.29, 1.82) is 0 Å². The molecule has 0 heterocycles. The van der Waals surface area contributed by atoms with E-state index < -0.39 is 0 Å². The van der Waals surface area contributed by atoms with E-state index in [1.807, 2.05) is 0 Å². The largest absolute Gasteiger partial charge is 0.135 e. The predicted octanol–water partition coefficient (Wildman–Crippen LogP) is 8.56. The monoisotopic (exact) mass is 638 g/mol. The van der Waals surface area contributed by atoms with Crippen LogP contribution in [0.5, 0.6) is 0 Å². The van der Waals surface area contributed by atoms with Gasteiger partial charge in [-0.1, -0.05) is 147 Å². The van der Waals surface area contributed by atoms with E-state index in [4.69, 9.17) is 0 Å². The Bertz CT molecular complexity index is 172. The summed E-state index contributed by atoms with van der Waals surface area (Å²) >= 11 is 21.2. The third kappa shape index (κ3) is 18.9. The molecule has 0 aliphatic heterocycles. The number of alkyl halides is 6. The van der Waals surface area contributed by atoms with Crippen LogP contribution in [0.25, 0.3) is 0 Å². The van der Waals surface area contributed by atoms with Crippen molar-refractivity contribution in [3.05, 3.63) is 0 Å². The average molecular weight is 644 g/mol. The fraction of sp³-hybridized carbons (Fsp3) is 1.00. The smallest absolute Gasteiger partial charge is 0.0599 e. The Balaban J connectivity index is 3.13. The molecule has 0 aromatic rings. The van der Waals surface area contributed by atoms with E-state index in [1.165, 1.54) is 51.4 Å². The Morgan fingerprint density at radius 1 is 0.389 bits per heavy atom. The van der Waals surface area contributed by atoms with Crippen molar-refractivity contribution in [3.63, 3.8) is 0 Å². The van der Waals surface area contributed by atoms with Crippen molar-refractivity contribution >= 4 is 95.6 Å². The van der Waals surface area contributed by atoms with Gasteiger partial charge in [0.05, 0.1) is 0 Å². The second-order valence-corrected chi connectivity index (χ2v) is 19.1. The molecule has 0 nitrogen and oxygen atoms in total. The van der Waals surface area contributed by atoms with Crippen molar-refractivity contribution in [2.45, 2.75) is 68.5 Å². The normalized spacial score (nSPS) is 13.0. The molecule has 0 fully saturated rings. The fourth-order valence-electron chi connectivity index (χ4n) is 1.71. The van der Waals surface area contributed by atoms with Crippen LogP contribution < -0.4 is 0 Å². The van der Waals surface area contributed by atoms with Crippen LogP contribution in [0, 0.1) is 0 Å². The van der Waals surface area contributed by atoms with Gasteiger partial charge in [0.15, 0.2) is 0 Å². The quantitative estimate of drug-likeness (QED) is 0.175. The summed E-state index contributed by atoms with van der Waals surface area (Å²) in [5.74, 6) is 0. The summed E-state index contributed by atoms with van der Waals surface area (Å²) in [5.41, 5.74) is 0. The van der Waals surface area contributed by atoms with E-state index in [1.54, 1.807) is 0 Å².